The van der Waals surface area contributed by atoms with Crippen LogP contribution in [0.15, 0.2) is 47.5 Å². The second kappa shape index (κ2) is 6.24. The van der Waals surface area contributed by atoms with Crippen molar-refractivity contribution in [1.29, 1.82) is 0 Å². The van der Waals surface area contributed by atoms with Gasteiger partial charge in [-0.2, -0.15) is 0 Å². The summed E-state index contributed by atoms with van der Waals surface area (Å²) in [5.74, 6) is 0. The SMILES string of the molecule is Cc1cccc(CN2CC3(Nc4ccc5c(c4)C=NC5)CCC2CC3)c1. The number of rotatable bonds is 4. The highest BCUT2D eigenvalue weighted by Crippen LogP contribution is 2.41. The molecule has 0 unspecified atom stereocenters. The van der Waals surface area contributed by atoms with Crippen LogP contribution in [0.4, 0.5) is 5.69 Å². The van der Waals surface area contributed by atoms with E-state index in [0.29, 0.717) is 0 Å². The molecule has 1 aliphatic carbocycles. The number of benzene rings is 2. The van der Waals surface area contributed by atoms with Gasteiger partial charge in [0.05, 0.1) is 12.1 Å². The Labute approximate surface area is 156 Å². The van der Waals surface area contributed by atoms with Gasteiger partial charge in [-0.25, -0.2) is 0 Å². The lowest BCUT2D eigenvalue weighted by Gasteiger charge is -2.53. The predicted molar refractivity (Wildman–Crippen MR) is 108 cm³/mol. The molecule has 3 heteroatoms. The van der Waals surface area contributed by atoms with E-state index < -0.39 is 0 Å². The fourth-order valence-corrected chi connectivity index (χ4v) is 5.08. The van der Waals surface area contributed by atoms with Gasteiger partial charge in [-0.3, -0.25) is 9.89 Å². The van der Waals surface area contributed by atoms with Crippen molar-refractivity contribution < 1.29 is 0 Å². The number of hydrogen-bond acceptors (Lipinski definition) is 3. The number of anilines is 1. The van der Waals surface area contributed by atoms with Gasteiger partial charge >= 0.3 is 0 Å². The van der Waals surface area contributed by atoms with E-state index in [1.807, 2.05) is 6.21 Å². The molecule has 1 saturated carbocycles. The second-order valence-electron chi connectivity index (χ2n) is 8.41. The highest BCUT2D eigenvalue weighted by Gasteiger charge is 2.44. The van der Waals surface area contributed by atoms with Crippen LogP contribution in [0, 0.1) is 6.92 Å². The maximum absolute atomic E-state index is 4.39. The first-order chi connectivity index (χ1) is 12.7. The summed E-state index contributed by atoms with van der Waals surface area (Å²) in [7, 11) is 0. The molecule has 3 fully saturated rings. The maximum Gasteiger partial charge on any atom is 0.0646 e. The van der Waals surface area contributed by atoms with Crippen molar-refractivity contribution in [2.24, 2.45) is 4.99 Å². The average Bonchev–Trinajstić information content (AvgIpc) is 3.10. The third kappa shape index (κ3) is 2.95. The average molecular weight is 345 g/mol. The number of fused-ring (bicyclic) bond motifs is 4. The molecule has 26 heavy (non-hydrogen) atoms. The Balaban J connectivity index is 1.34. The zero-order chi connectivity index (χ0) is 17.6. The molecule has 0 spiro atoms. The smallest absolute Gasteiger partial charge is 0.0646 e. The van der Waals surface area contributed by atoms with Gasteiger partial charge in [0.2, 0.25) is 0 Å². The van der Waals surface area contributed by atoms with Gasteiger partial charge in [0.15, 0.2) is 0 Å². The lowest BCUT2D eigenvalue weighted by molar-refractivity contribution is 0.0338. The molecule has 2 bridgehead atoms. The molecule has 2 aromatic carbocycles. The Bertz CT molecular complexity index is 846. The van der Waals surface area contributed by atoms with Gasteiger partial charge in [-0.15, -0.1) is 0 Å². The first-order valence-corrected chi connectivity index (χ1v) is 9.90. The lowest BCUT2D eigenvalue weighted by atomic mass is 9.73. The molecule has 1 N–H and O–H groups in total. The first kappa shape index (κ1) is 16.1. The van der Waals surface area contributed by atoms with Crippen LogP contribution in [0.2, 0.25) is 0 Å². The number of hydrogen-bond donors (Lipinski definition) is 1. The van der Waals surface area contributed by atoms with Crippen molar-refractivity contribution in [3.63, 3.8) is 0 Å². The van der Waals surface area contributed by atoms with Crippen LogP contribution in [0.5, 0.6) is 0 Å². The van der Waals surface area contributed by atoms with Crippen molar-refractivity contribution in [1.82, 2.24) is 4.90 Å². The van der Waals surface area contributed by atoms with Gasteiger partial charge in [0, 0.05) is 31.0 Å². The van der Waals surface area contributed by atoms with E-state index in [0.717, 1.165) is 25.7 Å². The van der Waals surface area contributed by atoms with Gasteiger partial charge < -0.3 is 5.32 Å². The Morgan fingerprint density at radius 2 is 2.04 bits per heavy atom. The van der Waals surface area contributed by atoms with E-state index >= 15 is 0 Å². The summed E-state index contributed by atoms with van der Waals surface area (Å²) in [4.78, 5) is 7.10. The Hall–Kier alpha value is -2.13. The molecule has 3 aliphatic heterocycles. The number of aryl methyl sites for hydroxylation is 1. The third-order valence-corrected chi connectivity index (χ3v) is 6.45. The van der Waals surface area contributed by atoms with E-state index in [2.05, 4.69) is 64.6 Å². The van der Waals surface area contributed by atoms with Crippen LogP contribution < -0.4 is 5.32 Å². The van der Waals surface area contributed by atoms with Crippen molar-refractivity contribution in [3.05, 3.63) is 64.7 Å². The zero-order valence-electron chi connectivity index (χ0n) is 15.5. The summed E-state index contributed by atoms with van der Waals surface area (Å²) in [6.45, 7) is 5.25. The molecule has 0 aromatic heterocycles. The van der Waals surface area contributed by atoms with Gasteiger partial charge in [0.25, 0.3) is 0 Å². The minimum atomic E-state index is 0.225. The molecule has 2 aromatic rings. The summed E-state index contributed by atoms with van der Waals surface area (Å²) in [5.41, 5.74) is 6.92. The molecule has 4 aliphatic rings. The second-order valence-corrected chi connectivity index (χ2v) is 8.41. The van der Waals surface area contributed by atoms with E-state index in [9.17, 15) is 0 Å². The number of piperidine rings is 2. The van der Waals surface area contributed by atoms with Crippen molar-refractivity contribution in [2.45, 2.75) is 57.3 Å². The normalized spacial score (nSPS) is 26.9. The predicted octanol–water partition coefficient (Wildman–Crippen LogP) is 4.54. The van der Waals surface area contributed by atoms with E-state index in [4.69, 9.17) is 0 Å². The molecule has 6 rings (SSSR count). The molecule has 0 amide bonds. The molecular formula is C23H27N3. The molecule has 134 valence electrons. The van der Waals surface area contributed by atoms with Crippen LogP contribution in [-0.2, 0) is 13.1 Å². The fraction of sp³-hybridized carbons (Fsp3) is 0.435. The summed E-state index contributed by atoms with van der Waals surface area (Å²) in [6.07, 6.45) is 7.21. The summed E-state index contributed by atoms with van der Waals surface area (Å²) >= 11 is 0. The minimum absolute atomic E-state index is 0.225. The number of aliphatic imine (C=N–C) groups is 1. The summed E-state index contributed by atoms with van der Waals surface area (Å²) < 4.78 is 0. The van der Waals surface area contributed by atoms with Gasteiger partial charge in [0.1, 0.15) is 0 Å². The molecule has 2 saturated heterocycles. The summed E-state index contributed by atoms with van der Waals surface area (Å²) in [5, 5.41) is 3.94. The van der Waals surface area contributed by atoms with Crippen LogP contribution in [-0.4, -0.2) is 29.2 Å². The van der Waals surface area contributed by atoms with Crippen molar-refractivity contribution in [3.8, 4) is 0 Å². The third-order valence-electron chi connectivity index (χ3n) is 6.45. The van der Waals surface area contributed by atoms with Crippen LogP contribution in [0.3, 0.4) is 0 Å². The lowest BCUT2D eigenvalue weighted by Crippen LogP contribution is -2.60. The van der Waals surface area contributed by atoms with Crippen molar-refractivity contribution >= 4 is 11.9 Å². The highest BCUT2D eigenvalue weighted by atomic mass is 15.2. The monoisotopic (exact) mass is 345 g/mol. The van der Waals surface area contributed by atoms with Crippen LogP contribution >= 0.6 is 0 Å². The quantitative estimate of drug-likeness (QED) is 0.881. The van der Waals surface area contributed by atoms with E-state index in [1.54, 1.807) is 0 Å². The number of nitrogens with one attached hydrogen (secondary N) is 1. The summed E-state index contributed by atoms with van der Waals surface area (Å²) in [6, 6.07) is 16.5. The Morgan fingerprint density at radius 1 is 1.15 bits per heavy atom. The van der Waals surface area contributed by atoms with Crippen LogP contribution in [0.1, 0.15) is 47.9 Å². The minimum Gasteiger partial charge on any atom is -0.378 e. The zero-order valence-corrected chi connectivity index (χ0v) is 15.5. The Kier molecular flexibility index (Phi) is 3.86. The van der Waals surface area contributed by atoms with Crippen LogP contribution in [0.25, 0.3) is 0 Å². The standard InChI is InChI=1S/C23H27N3/c1-17-3-2-4-18(11-17)15-26-16-23(9-7-22(26)8-10-23)25-21-6-5-19-13-24-14-20(19)12-21/h2-6,11-12,14,22,25H,7-10,13,15-16H2,1H3. The maximum atomic E-state index is 4.39. The molecule has 3 nitrogen and oxygen atoms in total. The Morgan fingerprint density at radius 3 is 2.88 bits per heavy atom. The van der Waals surface area contributed by atoms with Gasteiger partial charge in [-0.1, -0.05) is 35.9 Å². The molecule has 0 atom stereocenters. The largest absolute Gasteiger partial charge is 0.378 e. The number of nitrogens with zero attached hydrogens (tertiary/aromatic N) is 2. The first-order valence-electron chi connectivity index (χ1n) is 9.90. The fourth-order valence-electron chi connectivity index (χ4n) is 5.08. The topological polar surface area (TPSA) is 27.6 Å². The van der Waals surface area contributed by atoms with Gasteiger partial charge in [-0.05, 0) is 61.4 Å². The van der Waals surface area contributed by atoms with E-state index in [-0.39, 0.29) is 5.54 Å². The molecule has 0 radical (unpaired) electrons. The highest BCUT2D eigenvalue weighted by molar-refractivity contribution is 5.86. The molecule has 3 heterocycles. The van der Waals surface area contributed by atoms with E-state index in [1.165, 1.54) is 53.6 Å². The molecular weight excluding hydrogens is 318 g/mol. The van der Waals surface area contributed by atoms with Crippen molar-refractivity contribution in [2.75, 3.05) is 11.9 Å².